The summed E-state index contributed by atoms with van der Waals surface area (Å²) < 4.78 is 34.2. The standard InChI is InChI=1S/C21H38N2O6S.Na/c1-2-3-4-5-6-7-8-9-10-11-12-20(26)21-22(15-16-24)13-14-23(21)17-19(25)18-30(27,28)29;/h7-8,19,24-25H,2-6,9-18H2,1H3;/q;+1/b8-7+;. The van der Waals surface area contributed by atoms with Crippen LogP contribution in [-0.4, -0.2) is 88.9 Å². The molecule has 1 unspecified atom stereocenters. The monoisotopic (exact) mass is 469 g/mol. The van der Waals surface area contributed by atoms with Gasteiger partial charge in [0.1, 0.15) is 32.3 Å². The van der Waals surface area contributed by atoms with Crippen LogP contribution >= 0.6 is 0 Å². The molecular weight excluding hydrogens is 431 g/mol. The molecule has 0 amide bonds. The van der Waals surface area contributed by atoms with Crippen LogP contribution in [0, 0.1) is 0 Å². The summed E-state index contributed by atoms with van der Waals surface area (Å²) in [5.74, 6) is -0.560. The summed E-state index contributed by atoms with van der Waals surface area (Å²) in [6.07, 6.45) is 12.1. The van der Waals surface area contributed by atoms with Gasteiger partial charge >= 0.3 is 35.4 Å². The third-order valence-electron chi connectivity index (χ3n) is 5.10. The molecule has 0 aliphatic carbocycles. The number of nitrogens with zero attached hydrogens (tertiary/aromatic N) is 2. The number of carbonyl (C=O) groups is 1. The molecule has 0 aromatic heterocycles. The SMILES string of the molecule is CCCCCC/C=C/CCCCC(=O)C1=[N+](CC(O)CS(=O)(=O)[O-])CCN1CCO.[Na+]. The van der Waals surface area contributed by atoms with Crippen molar-refractivity contribution in [2.75, 3.05) is 38.5 Å². The van der Waals surface area contributed by atoms with Gasteiger partial charge in [0, 0.05) is 6.42 Å². The van der Waals surface area contributed by atoms with Crippen LogP contribution in [0.1, 0.15) is 64.7 Å². The van der Waals surface area contributed by atoms with Gasteiger partial charge in [-0.2, -0.15) is 0 Å². The Hall–Kier alpha value is -0.290. The molecule has 0 spiro atoms. The van der Waals surface area contributed by atoms with Gasteiger partial charge in [0.05, 0.1) is 22.5 Å². The maximum atomic E-state index is 12.8. The molecule has 1 atom stereocenters. The number of aliphatic hydroxyl groups excluding tert-OH is 2. The van der Waals surface area contributed by atoms with E-state index in [1.165, 1.54) is 25.7 Å². The van der Waals surface area contributed by atoms with E-state index < -0.39 is 22.0 Å². The number of allylic oxidation sites excluding steroid dienone is 2. The Bertz CT molecular complexity index is 681. The number of hydrogen-bond acceptors (Lipinski definition) is 7. The van der Waals surface area contributed by atoms with Gasteiger partial charge in [0.2, 0.25) is 5.78 Å². The number of unbranched alkanes of at least 4 members (excludes halogenated alkanes) is 6. The van der Waals surface area contributed by atoms with Crippen LogP contribution in [0.4, 0.5) is 0 Å². The molecule has 2 N–H and O–H groups in total. The van der Waals surface area contributed by atoms with Gasteiger partial charge in [-0.15, -0.1) is 0 Å². The van der Waals surface area contributed by atoms with Gasteiger partial charge in [-0.25, -0.2) is 8.42 Å². The Morgan fingerprint density at radius 1 is 1.19 bits per heavy atom. The summed E-state index contributed by atoms with van der Waals surface area (Å²) in [6, 6.07) is 0. The van der Waals surface area contributed by atoms with Crippen LogP contribution in [0.25, 0.3) is 0 Å². The van der Waals surface area contributed by atoms with E-state index in [1.54, 1.807) is 9.48 Å². The van der Waals surface area contributed by atoms with Crippen molar-refractivity contribution in [3.05, 3.63) is 12.2 Å². The first-order valence-corrected chi connectivity index (χ1v) is 12.6. The largest absolute Gasteiger partial charge is 1.00 e. The number of Topliss-reactive ketones (excluding diaryl/α,β-unsaturated/α-hetero) is 1. The van der Waals surface area contributed by atoms with Crippen molar-refractivity contribution in [1.29, 1.82) is 0 Å². The summed E-state index contributed by atoms with van der Waals surface area (Å²) in [6.45, 7) is 3.25. The van der Waals surface area contributed by atoms with Crippen molar-refractivity contribution in [3.8, 4) is 0 Å². The van der Waals surface area contributed by atoms with Crippen molar-refractivity contribution in [2.24, 2.45) is 0 Å². The van der Waals surface area contributed by atoms with Crippen LogP contribution in [0.3, 0.4) is 0 Å². The molecule has 1 rings (SSSR count). The summed E-state index contributed by atoms with van der Waals surface area (Å²) in [5, 5.41) is 19.2. The molecule has 1 heterocycles. The third-order valence-corrected chi connectivity index (χ3v) is 5.89. The van der Waals surface area contributed by atoms with Crippen LogP contribution in [0.15, 0.2) is 12.2 Å². The molecule has 0 bridgehead atoms. The van der Waals surface area contributed by atoms with E-state index >= 15 is 0 Å². The van der Waals surface area contributed by atoms with E-state index in [0.29, 0.717) is 31.9 Å². The molecule has 0 radical (unpaired) electrons. The minimum atomic E-state index is -4.54. The third kappa shape index (κ3) is 13.8. The van der Waals surface area contributed by atoms with Crippen molar-refractivity contribution >= 4 is 21.7 Å². The molecule has 0 fully saturated rings. The second kappa shape index (κ2) is 17.2. The van der Waals surface area contributed by atoms with Gasteiger partial charge in [-0.3, -0.25) is 14.3 Å². The van der Waals surface area contributed by atoms with E-state index in [9.17, 15) is 28.0 Å². The Labute approximate surface area is 209 Å². The fourth-order valence-corrected chi connectivity index (χ4v) is 4.23. The normalized spacial score (nSPS) is 15.5. The van der Waals surface area contributed by atoms with Crippen molar-refractivity contribution in [2.45, 2.75) is 70.8 Å². The number of carbonyl (C=O) groups excluding carboxylic acids is 1. The number of ketones is 1. The summed E-state index contributed by atoms with van der Waals surface area (Å²) in [7, 11) is -4.54. The molecule has 10 heteroatoms. The number of rotatable bonds is 17. The number of aliphatic hydroxyl groups is 2. The van der Waals surface area contributed by atoms with Crippen molar-refractivity contribution < 1.29 is 62.1 Å². The van der Waals surface area contributed by atoms with Gasteiger partial charge in [0.15, 0.2) is 0 Å². The van der Waals surface area contributed by atoms with E-state index in [2.05, 4.69) is 19.1 Å². The van der Waals surface area contributed by atoms with Crippen LogP contribution in [-0.2, 0) is 14.9 Å². The molecule has 1 aliphatic heterocycles. The number of hydrogen-bond donors (Lipinski definition) is 2. The van der Waals surface area contributed by atoms with Crippen molar-refractivity contribution in [3.63, 3.8) is 0 Å². The van der Waals surface area contributed by atoms with Crippen LogP contribution in [0.2, 0.25) is 0 Å². The average molecular weight is 470 g/mol. The predicted molar refractivity (Wildman–Crippen MR) is 116 cm³/mol. The molecule has 174 valence electrons. The smallest absolute Gasteiger partial charge is 0.748 e. The number of amidine groups is 1. The molecule has 0 aromatic rings. The Morgan fingerprint density at radius 3 is 2.42 bits per heavy atom. The Kier molecular flexibility index (Phi) is 17.1. The van der Waals surface area contributed by atoms with E-state index in [0.717, 1.165) is 25.7 Å². The van der Waals surface area contributed by atoms with E-state index in [1.807, 2.05) is 0 Å². The first-order valence-electron chi connectivity index (χ1n) is 11.1. The van der Waals surface area contributed by atoms with E-state index in [4.69, 9.17) is 0 Å². The zero-order chi connectivity index (χ0) is 22.4. The zero-order valence-corrected chi connectivity index (χ0v) is 22.0. The quantitative estimate of drug-likeness (QED) is 0.0854. The minimum Gasteiger partial charge on any atom is -0.748 e. The van der Waals surface area contributed by atoms with Gasteiger partial charge in [-0.05, 0) is 32.1 Å². The average Bonchev–Trinajstić information content (AvgIpc) is 3.04. The molecular formula is C21H38N2NaO6S+. The summed E-state index contributed by atoms with van der Waals surface area (Å²) in [4.78, 5) is 14.5. The maximum absolute atomic E-state index is 12.8. The predicted octanol–water partition coefficient (Wildman–Crippen LogP) is -1.73. The van der Waals surface area contributed by atoms with Gasteiger partial charge < -0.3 is 14.8 Å². The Morgan fingerprint density at radius 2 is 1.84 bits per heavy atom. The van der Waals surface area contributed by atoms with Gasteiger partial charge in [-0.1, -0.05) is 38.3 Å². The topological polar surface area (TPSA) is 121 Å². The second-order valence-electron chi connectivity index (χ2n) is 7.85. The fraction of sp³-hybridized carbons (Fsp3) is 0.810. The maximum Gasteiger partial charge on any atom is 1.00 e. The summed E-state index contributed by atoms with van der Waals surface area (Å²) in [5.41, 5.74) is 0. The summed E-state index contributed by atoms with van der Waals surface area (Å²) >= 11 is 0. The molecule has 8 nitrogen and oxygen atoms in total. The zero-order valence-electron chi connectivity index (χ0n) is 19.2. The first kappa shape index (κ1) is 30.7. The van der Waals surface area contributed by atoms with Crippen molar-refractivity contribution in [1.82, 2.24) is 4.90 Å². The van der Waals surface area contributed by atoms with E-state index in [-0.39, 0.29) is 48.5 Å². The van der Waals surface area contributed by atoms with Crippen LogP contribution in [0.5, 0.6) is 0 Å². The molecule has 1 aliphatic rings. The minimum absolute atomic E-state index is 0. The first-order chi connectivity index (χ1) is 14.3. The molecule has 31 heavy (non-hydrogen) atoms. The van der Waals surface area contributed by atoms with Gasteiger partial charge in [0.25, 0.3) is 0 Å². The molecule has 0 saturated heterocycles. The molecule has 0 saturated carbocycles. The Balaban J connectivity index is 0.00000900. The number of β-amino-alcohol motifs (C(OH)–C–C–N with tert-alkyl or cyclic N) is 2. The molecule has 0 aromatic carbocycles. The second-order valence-corrected chi connectivity index (χ2v) is 9.30. The van der Waals surface area contributed by atoms with Crippen LogP contribution < -0.4 is 29.6 Å². The fourth-order valence-electron chi connectivity index (χ4n) is 3.65.